The number of hydrogen-bond donors (Lipinski definition) is 0. The first-order valence-electron chi connectivity index (χ1n) is 11.9. The van der Waals surface area contributed by atoms with Crippen molar-refractivity contribution in [3.05, 3.63) is 0 Å². The van der Waals surface area contributed by atoms with Gasteiger partial charge in [-0.05, 0) is 13.8 Å². The van der Waals surface area contributed by atoms with E-state index in [1.807, 2.05) is 0 Å². The van der Waals surface area contributed by atoms with Gasteiger partial charge in [-0.3, -0.25) is 8.37 Å². The van der Waals surface area contributed by atoms with Crippen LogP contribution in [0.5, 0.6) is 0 Å². The fraction of sp³-hybridized carbons (Fsp3) is 1.00. The number of rotatable bonds is 14. The van der Waals surface area contributed by atoms with Gasteiger partial charge >= 0.3 is 0 Å². The second kappa shape index (κ2) is 13.6. The van der Waals surface area contributed by atoms with Gasteiger partial charge in [0.25, 0.3) is 20.2 Å². The van der Waals surface area contributed by atoms with Crippen molar-refractivity contribution in [2.24, 2.45) is 0 Å². The van der Waals surface area contributed by atoms with Gasteiger partial charge in [-0.25, -0.2) is 0 Å². The zero-order valence-corrected chi connectivity index (χ0v) is 25.6. The van der Waals surface area contributed by atoms with Crippen molar-refractivity contribution in [3.8, 4) is 0 Å². The minimum atomic E-state index is -3.82. The molecule has 0 spiro atoms. The van der Waals surface area contributed by atoms with Crippen molar-refractivity contribution in [1.29, 1.82) is 0 Å². The Balaban J connectivity index is 2.52. The zero-order chi connectivity index (χ0) is 29.8. The van der Waals surface area contributed by atoms with Crippen LogP contribution in [0.3, 0.4) is 0 Å². The Hall–Kier alpha value is -0.540. The highest BCUT2D eigenvalue weighted by Crippen LogP contribution is 2.43. The molecule has 0 aliphatic carbocycles. The average Bonchev–Trinajstić information content (AvgIpc) is 2.83. The fourth-order valence-electron chi connectivity index (χ4n) is 5.22. The van der Waals surface area contributed by atoms with Crippen LogP contribution in [0.25, 0.3) is 0 Å². The third-order valence-electron chi connectivity index (χ3n) is 6.68. The number of hydrogen-bond acceptors (Lipinski definition) is 15. The lowest BCUT2D eigenvalue weighted by molar-refractivity contribution is -0.455. The molecule has 10 atom stereocenters. The van der Waals surface area contributed by atoms with Crippen LogP contribution in [0, 0.1) is 0 Å². The molecular formula is C22H42O15S2. The maximum atomic E-state index is 11.7. The number of methoxy groups -OCH3 is 6. The van der Waals surface area contributed by atoms with E-state index in [9.17, 15) is 16.8 Å². The van der Waals surface area contributed by atoms with E-state index in [4.69, 9.17) is 51.0 Å². The van der Waals surface area contributed by atoms with Crippen molar-refractivity contribution in [2.45, 2.75) is 74.3 Å². The Morgan fingerprint density at radius 3 is 1.10 bits per heavy atom. The molecule has 0 aromatic heterocycles. The predicted octanol–water partition coefficient (Wildman–Crippen LogP) is -0.725. The normalized spacial score (nSPS) is 40.1. The predicted molar refractivity (Wildman–Crippen MR) is 134 cm³/mol. The van der Waals surface area contributed by atoms with Gasteiger partial charge < -0.3 is 42.6 Å². The van der Waals surface area contributed by atoms with Gasteiger partial charge in [0.2, 0.25) is 0 Å². The Kier molecular flexibility index (Phi) is 12.1. The maximum absolute atomic E-state index is 11.7. The van der Waals surface area contributed by atoms with E-state index in [0.717, 1.165) is 12.5 Å². The summed E-state index contributed by atoms with van der Waals surface area (Å²) in [4.78, 5) is 0. The molecule has 0 saturated carbocycles. The smallest absolute Gasteiger partial charge is 0.264 e. The summed E-state index contributed by atoms with van der Waals surface area (Å²) in [5.74, 6) is -3.36. The third-order valence-corrected chi connectivity index (χ3v) is 7.80. The van der Waals surface area contributed by atoms with E-state index in [2.05, 4.69) is 0 Å². The van der Waals surface area contributed by atoms with Crippen LogP contribution in [0.1, 0.15) is 13.8 Å². The molecule has 0 N–H and O–H groups in total. The average molecular weight is 611 g/mol. The summed E-state index contributed by atoms with van der Waals surface area (Å²) >= 11 is 0. The lowest BCUT2D eigenvalue weighted by atomic mass is 9.90. The Morgan fingerprint density at radius 1 is 0.564 bits per heavy atom. The summed E-state index contributed by atoms with van der Waals surface area (Å²) < 4.78 is 110. The standard InChI is InChI=1S/C22H42O15S2/c1-21(19(31-7)17(29-5)15(27-3)13(35-21)11-33-38(9,23)24)37-22(2)20(32-8)18(30-6)16(28-4)14(36-22)12-34-39(10,25)26/h13-20H,11-12H2,1-10H3/t13-,14-,15-,16-,17+,18+,19-,20-,21+,22+/m1/s1. The van der Waals surface area contributed by atoms with Crippen LogP contribution in [-0.4, -0.2) is 146 Å². The summed E-state index contributed by atoms with van der Waals surface area (Å²) in [6, 6.07) is 0. The highest BCUT2D eigenvalue weighted by atomic mass is 32.2. The van der Waals surface area contributed by atoms with Crippen molar-refractivity contribution in [2.75, 3.05) is 68.4 Å². The molecule has 17 heteroatoms. The van der Waals surface area contributed by atoms with E-state index in [0.29, 0.717) is 0 Å². The highest BCUT2D eigenvalue weighted by molar-refractivity contribution is 7.86. The van der Waals surface area contributed by atoms with E-state index in [1.165, 1.54) is 42.7 Å². The molecule has 0 unspecified atom stereocenters. The molecule has 2 rings (SSSR count). The van der Waals surface area contributed by atoms with Gasteiger partial charge in [0.15, 0.2) is 11.6 Å². The van der Waals surface area contributed by atoms with E-state index < -0.39 is 93.9 Å². The molecule has 2 aliphatic heterocycles. The first-order valence-corrected chi connectivity index (χ1v) is 15.6. The molecule has 0 aromatic carbocycles. The summed E-state index contributed by atoms with van der Waals surface area (Å²) in [5, 5.41) is 0. The summed E-state index contributed by atoms with van der Waals surface area (Å²) in [6.45, 7) is 2.30. The molecule has 2 saturated heterocycles. The van der Waals surface area contributed by atoms with Crippen LogP contribution in [-0.2, 0) is 71.2 Å². The lowest BCUT2D eigenvalue weighted by Gasteiger charge is -2.56. The van der Waals surface area contributed by atoms with Crippen molar-refractivity contribution >= 4 is 20.2 Å². The highest BCUT2D eigenvalue weighted by Gasteiger charge is 2.62. The monoisotopic (exact) mass is 610 g/mol. The maximum Gasteiger partial charge on any atom is 0.264 e. The van der Waals surface area contributed by atoms with Gasteiger partial charge in [0, 0.05) is 42.7 Å². The lowest BCUT2D eigenvalue weighted by Crippen LogP contribution is -2.72. The third kappa shape index (κ3) is 8.27. The molecule has 2 aliphatic rings. The second-order valence-corrected chi connectivity index (χ2v) is 12.8. The molecule has 0 amide bonds. The molecule has 15 nitrogen and oxygen atoms in total. The van der Waals surface area contributed by atoms with Gasteiger partial charge in [-0.2, -0.15) is 16.8 Å². The van der Waals surface area contributed by atoms with Gasteiger partial charge in [-0.15, -0.1) is 0 Å². The van der Waals surface area contributed by atoms with Crippen LogP contribution in [0.15, 0.2) is 0 Å². The second-order valence-electron chi connectivity index (χ2n) is 9.54. The molecule has 39 heavy (non-hydrogen) atoms. The molecule has 0 radical (unpaired) electrons. The van der Waals surface area contributed by atoms with Crippen LogP contribution < -0.4 is 0 Å². The van der Waals surface area contributed by atoms with Gasteiger partial charge in [0.1, 0.15) is 48.8 Å². The Morgan fingerprint density at radius 2 is 0.872 bits per heavy atom. The van der Waals surface area contributed by atoms with E-state index in [1.54, 1.807) is 13.8 Å². The van der Waals surface area contributed by atoms with Crippen molar-refractivity contribution in [3.63, 3.8) is 0 Å². The van der Waals surface area contributed by atoms with Gasteiger partial charge in [0.05, 0.1) is 25.7 Å². The molecule has 2 heterocycles. The quantitative estimate of drug-likeness (QED) is 0.226. The van der Waals surface area contributed by atoms with E-state index >= 15 is 0 Å². The first kappa shape index (κ1) is 34.7. The first-order chi connectivity index (χ1) is 18.0. The summed E-state index contributed by atoms with van der Waals surface area (Å²) in [6.07, 6.45) is -5.27. The largest absolute Gasteiger partial charge is 0.376 e. The van der Waals surface area contributed by atoms with Crippen LogP contribution in [0.4, 0.5) is 0 Å². The molecule has 232 valence electrons. The fourth-order valence-corrected chi connectivity index (χ4v) is 5.99. The number of ether oxygens (including phenoxy) is 9. The van der Waals surface area contributed by atoms with Crippen LogP contribution in [0.2, 0.25) is 0 Å². The Bertz CT molecular complexity index is 913. The van der Waals surface area contributed by atoms with E-state index in [-0.39, 0.29) is 0 Å². The molecular weight excluding hydrogens is 568 g/mol. The molecule has 0 aromatic rings. The minimum Gasteiger partial charge on any atom is -0.376 e. The van der Waals surface area contributed by atoms with Crippen molar-refractivity contribution in [1.82, 2.24) is 0 Å². The SMILES string of the molecule is CO[C@H]1[C@H](OC)[C@@H](COS(C)(=O)=O)O[C@@](C)(O[C@]2(C)O[C@H](COS(C)(=O)=O)[C@@H](OC)[C@H](OC)[C@H]2OC)[C@@H]1OC. The topological polar surface area (TPSA) is 170 Å². The zero-order valence-electron chi connectivity index (χ0n) is 24.0. The van der Waals surface area contributed by atoms with Gasteiger partial charge in [-0.1, -0.05) is 0 Å². The summed E-state index contributed by atoms with van der Waals surface area (Å²) in [7, 11) is 0.889. The Labute approximate surface area is 230 Å². The van der Waals surface area contributed by atoms with Crippen LogP contribution >= 0.6 is 0 Å². The molecule has 2 fully saturated rings. The van der Waals surface area contributed by atoms with Crippen molar-refractivity contribution < 1.29 is 67.8 Å². The molecule has 0 bridgehead atoms. The minimum absolute atomic E-state index is 0.408. The summed E-state index contributed by atoms with van der Waals surface area (Å²) in [5.41, 5.74) is 0.